The summed E-state index contributed by atoms with van der Waals surface area (Å²) in [5.74, 6) is 1.95. The maximum Gasteiger partial charge on any atom is 0.127 e. The average molecular weight is 274 g/mol. The molecule has 0 spiro atoms. The molecule has 3 rings (SSSR count). The summed E-state index contributed by atoms with van der Waals surface area (Å²) in [6, 6.07) is 6.53. The van der Waals surface area contributed by atoms with Gasteiger partial charge in [-0.05, 0) is 37.4 Å². The van der Waals surface area contributed by atoms with Gasteiger partial charge in [0.2, 0.25) is 0 Å². The fourth-order valence-corrected chi connectivity index (χ4v) is 3.47. The summed E-state index contributed by atoms with van der Waals surface area (Å²) in [6.07, 6.45) is 2.66. The highest BCUT2D eigenvalue weighted by molar-refractivity contribution is 5.46. The summed E-state index contributed by atoms with van der Waals surface area (Å²) in [7, 11) is 0. The van der Waals surface area contributed by atoms with Gasteiger partial charge in [-0.3, -0.25) is 0 Å². The maximum absolute atomic E-state index is 6.53. The second-order valence-corrected chi connectivity index (χ2v) is 6.52. The standard InChI is InChI=1S/C17H26N2O/c1-12(2)14-6-5-7-15-16(18)13(11-20-17(14)15)10-19-8-3-4-9-19/h5-7,12-13,16H,3-4,8-11,18H2,1-2H3. The quantitative estimate of drug-likeness (QED) is 0.921. The number of likely N-dealkylation sites (tertiary alicyclic amines) is 1. The van der Waals surface area contributed by atoms with Crippen molar-refractivity contribution in [3.05, 3.63) is 29.3 Å². The fourth-order valence-electron chi connectivity index (χ4n) is 3.47. The number of para-hydroxylation sites is 1. The Labute approximate surface area is 122 Å². The van der Waals surface area contributed by atoms with Gasteiger partial charge in [0, 0.05) is 24.1 Å². The van der Waals surface area contributed by atoms with Crippen molar-refractivity contribution >= 4 is 0 Å². The van der Waals surface area contributed by atoms with Gasteiger partial charge in [0.1, 0.15) is 5.75 Å². The first-order valence-electron chi connectivity index (χ1n) is 7.90. The summed E-state index contributed by atoms with van der Waals surface area (Å²) in [6.45, 7) is 8.70. The third-order valence-electron chi connectivity index (χ3n) is 4.70. The normalized spacial score (nSPS) is 26.6. The molecule has 2 aliphatic rings. The molecule has 2 aliphatic heterocycles. The lowest BCUT2D eigenvalue weighted by atomic mass is 9.87. The second-order valence-electron chi connectivity index (χ2n) is 6.52. The zero-order chi connectivity index (χ0) is 14.1. The lowest BCUT2D eigenvalue weighted by Crippen LogP contribution is -2.39. The van der Waals surface area contributed by atoms with E-state index in [1.165, 1.54) is 37.1 Å². The van der Waals surface area contributed by atoms with E-state index in [4.69, 9.17) is 10.5 Å². The predicted molar refractivity (Wildman–Crippen MR) is 82.1 cm³/mol. The highest BCUT2D eigenvalue weighted by Gasteiger charge is 2.31. The SMILES string of the molecule is CC(C)c1cccc2c1OCC(CN1CCCC1)C2N. The molecule has 2 N–H and O–H groups in total. The Morgan fingerprint density at radius 2 is 2.05 bits per heavy atom. The van der Waals surface area contributed by atoms with E-state index in [2.05, 4.69) is 36.9 Å². The molecule has 1 saturated heterocycles. The number of fused-ring (bicyclic) bond motifs is 1. The van der Waals surface area contributed by atoms with Crippen LogP contribution < -0.4 is 10.5 Å². The lowest BCUT2D eigenvalue weighted by molar-refractivity contribution is 0.150. The van der Waals surface area contributed by atoms with Gasteiger partial charge in [0.25, 0.3) is 0 Å². The largest absolute Gasteiger partial charge is 0.493 e. The summed E-state index contributed by atoms with van der Waals surface area (Å²) >= 11 is 0. The number of rotatable bonds is 3. The van der Waals surface area contributed by atoms with Crippen LogP contribution in [0.15, 0.2) is 18.2 Å². The number of hydrogen-bond acceptors (Lipinski definition) is 3. The highest BCUT2D eigenvalue weighted by Crippen LogP contribution is 2.39. The van der Waals surface area contributed by atoms with Crippen LogP contribution in [0.4, 0.5) is 0 Å². The lowest BCUT2D eigenvalue weighted by Gasteiger charge is -2.35. The van der Waals surface area contributed by atoms with Crippen molar-refractivity contribution in [1.29, 1.82) is 0 Å². The van der Waals surface area contributed by atoms with Crippen molar-refractivity contribution < 1.29 is 4.74 Å². The van der Waals surface area contributed by atoms with Gasteiger partial charge in [-0.15, -0.1) is 0 Å². The molecule has 0 radical (unpaired) electrons. The smallest absolute Gasteiger partial charge is 0.127 e. The van der Waals surface area contributed by atoms with Crippen LogP contribution in [-0.4, -0.2) is 31.1 Å². The first-order valence-corrected chi connectivity index (χ1v) is 7.90. The molecule has 110 valence electrons. The second kappa shape index (κ2) is 5.74. The molecular weight excluding hydrogens is 248 g/mol. The molecule has 0 saturated carbocycles. The van der Waals surface area contributed by atoms with Gasteiger partial charge in [0.15, 0.2) is 0 Å². The molecule has 1 fully saturated rings. The molecule has 2 heterocycles. The van der Waals surface area contributed by atoms with Crippen LogP contribution in [0.1, 0.15) is 49.8 Å². The topological polar surface area (TPSA) is 38.5 Å². The van der Waals surface area contributed by atoms with Crippen molar-refractivity contribution in [2.45, 2.75) is 38.6 Å². The number of nitrogens with zero attached hydrogens (tertiary/aromatic N) is 1. The summed E-state index contributed by atoms with van der Waals surface area (Å²) < 4.78 is 6.10. The first kappa shape index (κ1) is 13.9. The highest BCUT2D eigenvalue weighted by atomic mass is 16.5. The number of benzene rings is 1. The Kier molecular flexibility index (Phi) is 3.99. The molecule has 1 aromatic carbocycles. The zero-order valence-electron chi connectivity index (χ0n) is 12.6. The Balaban J connectivity index is 1.79. The third kappa shape index (κ3) is 2.57. The number of hydrogen-bond donors (Lipinski definition) is 1. The van der Waals surface area contributed by atoms with Crippen molar-refractivity contribution in [2.75, 3.05) is 26.2 Å². The van der Waals surface area contributed by atoms with Crippen molar-refractivity contribution in [1.82, 2.24) is 4.90 Å². The Morgan fingerprint density at radius 1 is 1.30 bits per heavy atom. The van der Waals surface area contributed by atoms with E-state index in [1.54, 1.807) is 0 Å². The van der Waals surface area contributed by atoms with Crippen LogP contribution in [0, 0.1) is 5.92 Å². The van der Waals surface area contributed by atoms with Gasteiger partial charge in [-0.1, -0.05) is 32.0 Å². The minimum atomic E-state index is 0.109. The van der Waals surface area contributed by atoms with Crippen LogP contribution in [0.5, 0.6) is 5.75 Å². The van der Waals surface area contributed by atoms with Crippen LogP contribution in [0.2, 0.25) is 0 Å². The Bertz CT molecular complexity index is 466. The molecular formula is C17H26N2O. The molecule has 2 unspecified atom stereocenters. The Morgan fingerprint density at radius 3 is 2.75 bits per heavy atom. The van der Waals surface area contributed by atoms with Gasteiger partial charge in [0.05, 0.1) is 6.61 Å². The van der Waals surface area contributed by atoms with E-state index in [9.17, 15) is 0 Å². The molecule has 3 nitrogen and oxygen atoms in total. The van der Waals surface area contributed by atoms with E-state index in [0.29, 0.717) is 11.8 Å². The monoisotopic (exact) mass is 274 g/mol. The van der Waals surface area contributed by atoms with Gasteiger partial charge >= 0.3 is 0 Å². The number of ether oxygens (including phenoxy) is 1. The fraction of sp³-hybridized carbons (Fsp3) is 0.647. The molecule has 0 aromatic heterocycles. The van der Waals surface area contributed by atoms with Crippen LogP contribution in [-0.2, 0) is 0 Å². The first-order chi connectivity index (χ1) is 9.66. The third-order valence-corrected chi connectivity index (χ3v) is 4.70. The van der Waals surface area contributed by atoms with Gasteiger partial charge < -0.3 is 15.4 Å². The minimum absolute atomic E-state index is 0.109. The number of nitrogens with two attached hydrogens (primary N) is 1. The van der Waals surface area contributed by atoms with Gasteiger partial charge in [-0.2, -0.15) is 0 Å². The van der Waals surface area contributed by atoms with E-state index in [1.807, 2.05) is 0 Å². The van der Waals surface area contributed by atoms with E-state index in [-0.39, 0.29) is 6.04 Å². The molecule has 2 atom stereocenters. The molecule has 0 aliphatic carbocycles. The molecule has 1 aromatic rings. The van der Waals surface area contributed by atoms with Gasteiger partial charge in [-0.25, -0.2) is 0 Å². The van der Waals surface area contributed by atoms with Crippen molar-refractivity contribution in [2.24, 2.45) is 11.7 Å². The molecule has 3 heteroatoms. The predicted octanol–water partition coefficient (Wildman–Crippen LogP) is 2.91. The van der Waals surface area contributed by atoms with E-state index in [0.717, 1.165) is 18.9 Å². The Hall–Kier alpha value is -1.06. The summed E-state index contributed by atoms with van der Waals surface area (Å²) in [5, 5.41) is 0. The van der Waals surface area contributed by atoms with Crippen LogP contribution in [0.3, 0.4) is 0 Å². The molecule has 0 bridgehead atoms. The van der Waals surface area contributed by atoms with Crippen molar-refractivity contribution in [3.8, 4) is 5.75 Å². The minimum Gasteiger partial charge on any atom is -0.493 e. The van der Waals surface area contributed by atoms with E-state index >= 15 is 0 Å². The van der Waals surface area contributed by atoms with Crippen LogP contribution >= 0.6 is 0 Å². The summed E-state index contributed by atoms with van der Waals surface area (Å²) in [4.78, 5) is 2.53. The van der Waals surface area contributed by atoms with Crippen LogP contribution in [0.25, 0.3) is 0 Å². The summed E-state index contributed by atoms with van der Waals surface area (Å²) in [5.41, 5.74) is 9.02. The zero-order valence-corrected chi connectivity index (χ0v) is 12.6. The maximum atomic E-state index is 6.53. The molecule has 0 amide bonds. The van der Waals surface area contributed by atoms with E-state index < -0.39 is 0 Å². The molecule has 20 heavy (non-hydrogen) atoms. The van der Waals surface area contributed by atoms with Crippen molar-refractivity contribution in [3.63, 3.8) is 0 Å². The average Bonchev–Trinajstić information content (AvgIpc) is 2.94.